The molecule has 1 N–H and O–H groups in total. The fourth-order valence-electron chi connectivity index (χ4n) is 1.61. The van der Waals surface area contributed by atoms with E-state index in [1.165, 1.54) is 7.11 Å². The second-order valence-electron chi connectivity index (χ2n) is 3.82. The third-order valence-electron chi connectivity index (χ3n) is 2.84. The maximum Gasteiger partial charge on any atom is 0.407 e. The number of nitrogens with zero attached hydrogens (tertiary/aromatic N) is 1. The zero-order valence-electron chi connectivity index (χ0n) is 11.3. The van der Waals surface area contributed by atoms with Gasteiger partial charge in [-0.15, -0.1) is 0 Å². The molecule has 100 valence electrons. The molecule has 0 aliphatic rings. The Morgan fingerprint density at radius 1 is 1.24 bits per heavy atom. The van der Waals surface area contributed by atoms with Gasteiger partial charge in [0.05, 0.1) is 13.2 Å². The Morgan fingerprint density at radius 3 is 2.24 bits per heavy atom. The number of methoxy groups -OCH3 is 1. The van der Waals surface area contributed by atoms with Crippen molar-refractivity contribution >= 4 is 11.9 Å². The Hall–Kier alpha value is -1.10. The second kappa shape index (κ2) is 8.98. The molecule has 0 fully saturated rings. The van der Waals surface area contributed by atoms with Crippen molar-refractivity contribution < 1.29 is 14.3 Å². The molecule has 1 unspecified atom stereocenters. The Kier molecular flexibility index (Phi) is 8.40. The molecule has 0 bridgehead atoms. The second-order valence-corrected chi connectivity index (χ2v) is 3.82. The van der Waals surface area contributed by atoms with Gasteiger partial charge in [0.2, 0.25) is 0 Å². The van der Waals surface area contributed by atoms with Gasteiger partial charge in [-0.05, 0) is 19.5 Å². The summed E-state index contributed by atoms with van der Waals surface area (Å²) in [5, 5.41) is 2.58. The van der Waals surface area contributed by atoms with Crippen LogP contribution in [0.5, 0.6) is 0 Å². The van der Waals surface area contributed by atoms with Crippen LogP contribution in [0.2, 0.25) is 0 Å². The lowest BCUT2D eigenvalue weighted by atomic mass is 10.1. The maximum absolute atomic E-state index is 11.7. The van der Waals surface area contributed by atoms with Crippen LogP contribution in [-0.4, -0.2) is 49.6 Å². The number of amides is 1. The van der Waals surface area contributed by atoms with E-state index in [0.717, 1.165) is 19.6 Å². The van der Waals surface area contributed by atoms with Crippen LogP contribution in [0.1, 0.15) is 33.6 Å². The summed E-state index contributed by atoms with van der Waals surface area (Å²) in [6, 6.07) is -0.437. The van der Waals surface area contributed by atoms with Crippen LogP contribution in [-0.2, 0) is 9.53 Å². The van der Waals surface area contributed by atoms with E-state index in [9.17, 15) is 9.59 Å². The molecule has 0 aliphatic carbocycles. The largest absolute Gasteiger partial charge is 0.453 e. The van der Waals surface area contributed by atoms with Gasteiger partial charge in [0.1, 0.15) is 0 Å². The first-order valence-corrected chi connectivity index (χ1v) is 6.18. The van der Waals surface area contributed by atoms with E-state index < -0.39 is 12.1 Å². The number of nitrogens with one attached hydrogen (secondary N) is 1. The number of carbonyl (C=O) groups is 2. The van der Waals surface area contributed by atoms with Crippen LogP contribution in [0.4, 0.5) is 4.79 Å². The molecule has 1 atom stereocenters. The standard InChI is InChI=1S/C12H24N2O3/c1-5-11(15)10(13-12(16)17-4)8-9-14(6-2)7-3/h10H,5-9H2,1-4H3,(H,13,16). The first-order chi connectivity index (χ1) is 8.08. The van der Waals surface area contributed by atoms with Gasteiger partial charge in [-0.25, -0.2) is 4.79 Å². The third-order valence-corrected chi connectivity index (χ3v) is 2.84. The zero-order valence-corrected chi connectivity index (χ0v) is 11.3. The fraction of sp³-hybridized carbons (Fsp3) is 0.833. The van der Waals surface area contributed by atoms with Crippen molar-refractivity contribution in [1.82, 2.24) is 10.2 Å². The molecule has 0 heterocycles. The van der Waals surface area contributed by atoms with Gasteiger partial charge < -0.3 is 15.0 Å². The summed E-state index contributed by atoms with van der Waals surface area (Å²) < 4.78 is 4.52. The van der Waals surface area contributed by atoms with Crippen molar-refractivity contribution in [2.45, 2.75) is 39.7 Å². The van der Waals surface area contributed by atoms with E-state index in [-0.39, 0.29) is 5.78 Å². The van der Waals surface area contributed by atoms with Crippen LogP contribution >= 0.6 is 0 Å². The molecule has 0 radical (unpaired) electrons. The number of ether oxygens (including phenoxy) is 1. The van der Waals surface area contributed by atoms with Crippen molar-refractivity contribution in [1.29, 1.82) is 0 Å². The van der Waals surface area contributed by atoms with Crippen LogP contribution in [0.15, 0.2) is 0 Å². The summed E-state index contributed by atoms with van der Waals surface area (Å²) in [4.78, 5) is 25.0. The predicted molar refractivity (Wildman–Crippen MR) is 67.0 cm³/mol. The summed E-state index contributed by atoms with van der Waals surface area (Å²) >= 11 is 0. The molecule has 0 saturated carbocycles. The number of hydrogen-bond acceptors (Lipinski definition) is 4. The molecule has 1 amide bonds. The summed E-state index contributed by atoms with van der Waals surface area (Å²) in [5.74, 6) is 0.0440. The SMILES string of the molecule is CCC(=O)C(CCN(CC)CC)NC(=O)OC. The lowest BCUT2D eigenvalue weighted by Gasteiger charge is -2.22. The Bertz CT molecular complexity index is 240. The lowest BCUT2D eigenvalue weighted by molar-refractivity contribution is -0.120. The lowest BCUT2D eigenvalue weighted by Crippen LogP contribution is -2.42. The molecule has 0 rings (SSSR count). The van der Waals surface area contributed by atoms with Gasteiger partial charge in [0.25, 0.3) is 0 Å². The van der Waals surface area contributed by atoms with Crippen LogP contribution in [0.3, 0.4) is 0 Å². The van der Waals surface area contributed by atoms with Gasteiger partial charge in [-0.3, -0.25) is 4.79 Å². The number of alkyl carbamates (subject to hydrolysis) is 1. The highest BCUT2D eigenvalue weighted by atomic mass is 16.5. The molecular formula is C12H24N2O3. The quantitative estimate of drug-likeness (QED) is 0.701. The molecule has 0 aliphatic heterocycles. The highest BCUT2D eigenvalue weighted by Crippen LogP contribution is 2.01. The predicted octanol–water partition coefficient (Wildman–Crippen LogP) is 1.42. The maximum atomic E-state index is 11.7. The smallest absolute Gasteiger partial charge is 0.407 e. The number of hydrogen-bond donors (Lipinski definition) is 1. The average molecular weight is 244 g/mol. The molecule has 17 heavy (non-hydrogen) atoms. The van der Waals surface area contributed by atoms with Gasteiger partial charge in [0.15, 0.2) is 5.78 Å². The average Bonchev–Trinajstić information content (AvgIpc) is 2.37. The number of rotatable bonds is 8. The van der Waals surface area contributed by atoms with Gasteiger partial charge in [-0.2, -0.15) is 0 Å². The van der Waals surface area contributed by atoms with E-state index in [0.29, 0.717) is 12.8 Å². The number of carbonyl (C=O) groups excluding carboxylic acids is 2. The van der Waals surface area contributed by atoms with Crippen molar-refractivity contribution in [3.8, 4) is 0 Å². The van der Waals surface area contributed by atoms with E-state index >= 15 is 0 Å². The molecule has 0 aromatic rings. The number of Topliss-reactive ketones (excluding diaryl/α,β-unsaturated/α-hetero) is 1. The third kappa shape index (κ3) is 6.26. The summed E-state index contributed by atoms with van der Waals surface area (Å²) in [6.45, 7) is 8.64. The first-order valence-electron chi connectivity index (χ1n) is 6.18. The molecule has 0 saturated heterocycles. The summed E-state index contributed by atoms with van der Waals surface area (Å²) in [5.41, 5.74) is 0. The van der Waals surface area contributed by atoms with Crippen molar-refractivity contribution in [2.75, 3.05) is 26.7 Å². The van der Waals surface area contributed by atoms with Gasteiger partial charge in [-0.1, -0.05) is 20.8 Å². The monoisotopic (exact) mass is 244 g/mol. The molecule has 0 aromatic heterocycles. The number of ketones is 1. The highest BCUT2D eigenvalue weighted by Gasteiger charge is 2.19. The molecule has 0 spiro atoms. The molecular weight excluding hydrogens is 220 g/mol. The zero-order chi connectivity index (χ0) is 13.3. The summed E-state index contributed by atoms with van der Waals surface area (Å²) in [6.07, 6.45) is 0.507. The minimum absolute atomic E-state index is 0.0440. The van der Waals surface area contributed by atoms with Crippen LogP contribution in [0.25, 0.3) is 0 Å². The van der Waals surface area contributed by atoms with Gasteiger partial charge in [0, 0.05) is 13.0 Å². The van der Waals surface area contributed by atoms with E-state index in [1.807, 2.05) is 0 Å². The normalized spacial score (nSPS) is 12.3. The fourth-order valence-corrected chi connectivity index (χ4v) is 1.61. The van der Waals surface area contributed by atoms with E-state index in [4.69, 9.17) is 0 Å². The minimum atomic E-state index is -0.545. The summed E-state index contributed by atoms with van der Waals surface area (Å²) in [7, 11) is 1.30. The first kappa shape index (κ1) is 15.9. The molecule has 5 nitrogen and oxygen atoms in total. The van der Waals surface area contributed by atoms with Crippen molar-refractivity contribution in [3.05, 3.63) is 0 Å². The van der Waals surface area contributed by atoms with Crippen LogP contribution in [0, 0.1) is 0 Å². The van der Waals surface area contributed by atoms with Crippen molar-refractivity contribution in [2.24, 2.45) is 0 Å². The Morgan fingerprint density at radius 2 is 1.82 bits per heavy atom. The Balaban J connectivity index is 4.28. The topological polar surface area (TPSA) is 58.6 Å². The molecule has 5 heteroatoms. The Labute approximate surface area is 103 Å². The minimum Gasteiger partial charge on any atom is -0.453 e. The van der Waals surface area contributed by atoms with Crippen LogP contribution < -0.4 is 5.32 Å². The van der Waals surface area contributed by atoms with Gasteiger partial charge >= 0.3 is 6.09 Å². The van der Waals surface area contributed by atoms with E-state index in [2.05, 4.69) is 28.8 Å². The molecule has 0 aromatic carbocycles. The van der Waals surface area contributed by atoms with E-state index in [1.54, 1.807) is 6.92 Å². The van der Waals surface area contributed by atoms with Crippen molar-refractivity contribution in [3.63, 3.8) is 0 Å². The highest BCUT2D eigenvalue weighted by molar-refractivity contribution is 5.87.